The van der Waals surface area contributed by atoms with E-state index >= 15 is 0 Å². The Morgan fingerprint density at radius 3 is 2.79 bits per heavy atom. The molecule has 2 aromatic rings. The van der Waals surface area contributed by atoms with Gasteiger partial charge in [-0.3, -0.25) is 5.10 Å². The molecule has 3 N–H and O–H groups in total. The summed E-state index contributed by atoms with van der Waals surface area (Å²) in [5.41, 5.74) is 6.32. The van der Waals surface area contributed by atoms with E-state index < -0.39 is 5.82 Å². The minimum atomic E-state index is -0.411. The summed E-state index contributed by atoms with van der Waals surface area (Å²) in [5, 5.41) is 6.55. The molecule has 1 heterocycles. The number of rotatable bonds is 1. The zero-order chi connectivity index (χ0) is 10.1. The van der Waals surface area contributed by atoms with E-state index in [0.717, 1.165) is 0 Å². The van der Waals surface area contributed by atoms with Crippen molar-refractivity contribution >= 4 is 17.4 Å². The Morgan fingerprint density at radius 1 is 1.43 bits per heavy atom. The molecule has 0 aliphatic heterocycles. The van der Waals surface area contributed by atoms with Gasteiger partial charge in [-0.2, -0.15) is 5.10 Å². The van der Waals surface area contributed by atoms with E-state index in [-0.39, 0.29) is 5.56 Å². The first-order valence-corrected chi connectivity index (χ1v) is 4.31. The molecule has 1 aromatic carbocycles. The fourth-order valence-corrected chi connectivity index (χ4v) is 1.52. The fourth-order valence-electron chi connectivity index (χ4n) is 1.25. The van der Waals surface area contributed by atoms with Crippen molar-refractivity contribution in [2.75, 3.05) is 5.73 Å². The van der Waals surface area contributed by atoms with Crippen LogP contribution in [0.3, 0.4) is 0 Å². The summed E-state index contributed by atoms with van der Waals surface area (Å²) in [6.07, 6.45) is 1.44. The van der Waals surface area contributed by atoms with Crippen LogP contribution in [0.15, 0.2) is 24.4 Å². The lowest BCUT2D eigenvalue weighted by Gasteiger charge is -2.03. The Kier molecular flexibility index (Phi) is 2.13. The van der Waals surface area contributed by atoms with Gasteiger partial charge in [-0.05, 0) is 12.1 Å². The van der Waals surface area contributed by atoms with Crippen LogP contribution in [0.4, 0.5) is 10.2 Å². The van der Waals surface area contributed by atoms with Crippen LogP contribution in [0.5, 0.6) is 0 Å². The Balaban J connectivity index is 2.68. The first kappa shape index (κ1) is 9.02. The van der Waals surface area contributed by atoms with E-state index in [0.29, 0.717) is 16.4 Å². The maximum absolute atomic E-state index is 13.4. The van der Waals surface area contributed by atoms with Crippen molar-refractivity contribution in [2.45, 2.75) is 0 Å². The van der Waals surface area contributed by atoms with Crippen LogP contribution in [0.1, 0.15) is 0 Å². The molecule has 3 nitrogen and oxygen atoms in total. The molecule has 14 heavy (non-hydrogen) atoms. The summed E-state index contributed by atoms with van der Waals surface area (Å²) >= 11 is 5.86. The van der Waals surface area contributed by atoms with Gasteiger partial charge in [-0.15, -0.1) is 0 Å². The molecule has 5 heteroatoms. The van der Waals surface area contributed by atoms with E-state index in [2.05, 4.69) is 10.2 Å². The number of hydrogen-bond acceptors (Lipinski definition) is 2. The van der Waals surface area contributed by atoms with E-state index in [1.165, 1.54) is 18.3 Å². The zero-order valence-electron chi connectivity index (χ0n) is 7.09. The third-order valence-corrected chi connectivity index (χ3v) is 2.22. The van der Waals surface area contributed by atoms with Crippen molar-refractivity contribution in [3.05, 3.63) is 35.2 Å². The van der Waals surface area contributed by atoms with Crippen LogP contribution in [0, 0.1) is 5.82 Å². The maximum atomic E-state index is 13.4. The van der Waals surface area contributed by atoms with Gasteiger partial charge in [0.1, 0.15) is 11.6 Å². The van der Waals surface area contributed by atoms with Crippen LogP contribution in [0.25, 0.3) is 11.1 Å². The molecule has 0 radical (unpaired) electrons. The van der Waals surface area contributed by atoms with Crippen LogP contribution in [-0.4, -0.2) is 10.2 Å². The third kappa shape index (κ3) is 1.33. The zero-order valence-corrected chi connectivity index (χ0v) is 7.85. The highest BCUT2D eigenvalue weighted by Gasteiger charge is 2.13. The standard InChI is InChI=1S/C9H7ClFN3/c10-6-2-1-3-7(11)8(6)5-4-13-14-9(5)12/h1-4H,(H3,12,13,14). The van der Waals surface area contributed by atoms with Gasteiger partial charge in [-0.25, -0.2) is 4.39 Å². The molecule has 0 atom stereocenters. The minimum absolute atomic E-state index is 0.278. The Hall–Kier alpha value is -1.55. The summed E-state index contributed by atoms with van der Waals surface area (Å²) in [6, 6.07) is 4.47. The van der Waals surface area contributed by atoms with Crippen molar-refractivity contribution in [3.63, 3.8) is 0 Å². The van der Waals surface area contributed by atoms with E-state index in [1.54, 1.807) is 6.07 Å². The monoisotopic (exact) mass is 211 g/mol. The summed E-state index contributed by atoms with van der Waals surface area (Å²) in [5.74, 6) is -0.109. The van der Waals surface area contributed by atoms with Gasteiger partial charge in [0, 0.05) is 11.1 Å². The van der Waals surface area contributed by atoms with Crippen molar-refractivity contribution in [3.8, 4) is 11.1 Å². The second kappa shape index (κ2) is 3.31. The molecule has 72 valence electrons. The van der Waals surface area contributed by atoms with Crippen molar-refractivity contribution in [1.29, 1.82) is 0 Å². The van der Waals surface area contributed by atoms with Crippen LogP contribution in [-0.2, 0) is 0 Å². The SMILES string of the molecule is Nc1[nH]ncc1-c1c(F)cccc1Cl. The van der Waals surface area contributed by atoms with Gasteiger partial charge in [0.2, 0.25) is 0 Å². The van der Waals surface area contributed by atoms with Gasteiger partial charge in [0.15, 0.2) is 0 Å². The van der Waals surface area contributed by atoms with Gasteiger partial charge >= 0.3 is 0 Å². The molecule has 0 bridgehead atoms. The molecule has 0 unspecified atom stereocenters. The summed E-state index contributed by atoms with van der Waals surface area (Å²) in [6.45, 7) is 0. The van der Waals surface area contributed by atoms with Crippen LogP contribution < -0.4 is 5.73 Å². The van der Waals surface area contributed by atoms with Crippen LogP contribution >= 0.6 is 11.6 Å². The van der Waals surface area contributed by atoms with Crippen molar-refractivity contribution < 1.29 is 4.39 Å². The first-order valence-electron chi connectivity index (χ1n) is 3.93. The Bertz CT molecular complexity index is 447. The third-order valence-electron chi connectivity index (χ3n) is 1.90. The second-order valence-electron chi connectivity index (χ2n) is 2.79. The number of benzene rings is 1. The fraction of sp³-hybridized carbons (Fsp3) is 0. The minimum Gasteiger partial charge on any atom is -0.384 e. The number of halogens is 2. The molecule has 0 amide bonds. The van der Waals surface area contributed by atoms with E-state index in [4.69, 9.17) is 17.3 Å². The number of nitrogens with zero attached hydrogens (tertiary/aromatic N) is 1. The van der Waals surface area contributed by atoms with Crippen molar-refractivity contribution in [2.24, 2.45) is 0 Å². The lowest BCUT2D eigenvalue weighted by Crippen LogP contribution is -1.90. The topological polar surface area (TPSA) is 54.7 Å². The highest BCUT2D eigenvalue weighted by Crippen LogP contribution is 2.32. The second-order valence-corrected chi connectivity index (χ2v) is 3.20. The molecule has 0 aliphatic rings. The molecule has 0 spiro atoms. The number of hydrogen-bond donors (Lipinski definition) is 2. The smallest absolute Gasteiger partial charge is 0.132 e. The molecular weight excluding hydrogens is 205 g/mol. The Labute approximate surface area is 84.7 Å². The Morgan fingerprint density at radius 2 is 2.21 bits per heavy atom. The first-order chi connectivity index (χ1) is 6.70. The highest BCUT2D eigenvalue weighted by molar-refractivity contribution is 6.33. The molecule has 0 saturated heterocycles. The van der Waals surface area contributed by atoms with Crippen LogP contribution in [0.2, 0.25) is 5.02 Å². The molecule has 0 saturated carbocycles. The van der Waals surface area contributed by atoms with Crippen molar-refractivity contribution in [1.82, 2.24) is 10.2 Å². The molecule has 2 rings (SSSR count). The maximum Gasteiger partial charge on any atom is 0.132 e. The van der Waals surface area contributed by atoms with Gasteiger partial charge < -0.3 is 5.73 Å². The lowest BCUT2D eigenvalue weighted by molar-refractivity contribution is 0.631. The number of H-pyrrole nitrogens is 1. The van der Waals surface area contributed by atoms with E-state index in [9.17, 15) is 4.39 Å². The predicted octanol–water partition coefficient (Wildman–Crippen LogP) is 2.45. The number of aromatic nitrogens is 2. The summed E-state index contributed by atoms with van der Waals surface area (Å²) in [4.78, 5) is 0. The normalized spacial score (nSPS) is 10.4. The largest absolute Gasteiger partial charge is 0.384 e. The number of nitrogen functional groups attached to an aromatic ring is 1. The number of aromatic amines is 1. The van der Waals surface area contributed by atoms with Gasteiger partial charge in [0.25, 0.3) is 0 Å². The average molecular weight is 212 g/mol. The number of anilines is 1. The summed E-state index contributed by atoms with van der Waals surface area (Å²) in [7, 11) is 0. The summed E-state index contributed by atoms with van der Waals surface area (Å²) < 4.78 is 13.4. The molecule has 0 aliphatic carbocycles. The molecule has 1 aromatic heterocycles. The predicted molar refractivity (Wildman–Crippen MR) is 53.4 cm³/mol. The van der Waals surface area contributed by atoms with Gasteiger partial charge in [-0.1, -0.05) is 17.7 Å². The highest BCUT2D eigenvalue weighted by atomic mass is 35.5. The molecule has 0 fully saturated rings. The average Bonchev–Trinajstić information content (AvgIpc) is 2.52. The lowest BCUT2D eigenvalue weighted by atomic mass is 10.1. The quantitative estimate of drug-likeness (QED) is 0.761. The number of nitrogens with two attached hydrogens (primary N) is 1. The number of nitrogens with one attached hydrogen (secondary N) is 1. The van der Waals surface area contributed by atoms with Gasteiger partial charge in [0.05, 0.1) is 11.2 Å². The van der Waals surface area contributed by atoms with E-state index in [1.807, 2.05) is 0 Å². The molecular formula is C9H7ClFN3.